The molecule has 6 unspecified atom stereocenters. The van der Waals surface area contributed by atoms with Crippen LogP contribution in [-0.2, 0) is 37.2 Å². The molecule has 2 aliphatic carbocycles. The van der Waals surface area contributed by atoms with Gasteiger partial charge in [-0.15, -0.1) is 0 Å². The summed E-state index contributed by atoms with van der Waals surface area (Å²) in [6, 6.07) is 24.1. The molecule has 2 aliphatic heterocycles. The zero-order valence-electron chi connectivity index (χ0n) is 30.8. The Bertz CT molecular complexity index is 2620. The molecule has 0 spiro atoms. The molecule has 10 nitrogen and oxygen atoms in total. The van der Waals surface area contributed by atoms with Crippen molar-refractivity contribution in [3.8, 4) is 11.5 Å². The Morgan fingerprint density at radius 2 is 1.59 bits per heavy atom. The average Bonchev–Trinajstić information content (AvgIpc) is 3.58. The standard InChI is InChI=1S/C44H33Cl2F3N4O6/c45-26-10-8-24(9-11-26)43-33(40(57)53(42(43)59)51-38-34(46)19-25(21-50-38)44(47,48)49)20-32-29(36(43)31-14-7-23-3-1-2-4-28(23)37(31)55)15-16-30-35(32)41(58)52(39(30)56)18-17-22-5-12-27(54)13-6-22/h1-15,19,21,30,32-33,35-36,54-55H,16-18,20H2,(H,50,51). The van der Waals surface area contributed by atoms with Gasteiger partial charge in [0.1, 0.15) is 11.5 Å². The zero-order chi connectivity index (χ0) is 41.5. The van der Waals surface area contributed by atoms with Crippen molar-refractivity contribution in [2.75, 3.05) is 12.0 Å². The number of phenolic OH excluding ortho intramolecular Hbond substituents is 2. The van der Waals surface area contributed by atoms with E-state index in [9.17, 15) is 37.8 Å². The van der Waals surface area contributed by atoms with Crippen LogP contribution in [0.3, 0.4) is 0 Å². The Kier molecular flexibility index (Phi) is 9.24. The number of benzene rings is 4. The fourth-order valence-electron chi connectivity index (χ4n) is 9.82. The first-order valence-electron chi connectivity index (χ1n) is 18.9. The molecule has 300 valence electrons. The summed E-state index contributed by atoms with van der Waals surface area (Å²) in [5.74, 6) is -7.49. The van der Waals surface area contributed by atoms with Crippen LogP contribution in [0.1, 0.15) is 41.0 Å². The number of likely N-dealkylation sites (tertiary alicyclic amines) is 1. The highest BCUT2D eigenvalue weighted by molar-refractivity contribution is 6.33. The molecular weight excluding hydrogens is 808 g/mol. The van der Waals surface area contributed by atoms with E-state index < -0.39 is 69.5 Å². The molecule has 15 heteroatoms. The van der Waals surface area contributed by atoms with Gasteiger partial charge in [-0.3, -0.25) is 29.5 Å². The minimum Gasteiger partial charge on any atom is -0.508 e. The zero-order valence-corrected chi connectivity index (χ0v) is 32.3. The molecule has 4 aliphatic rings. The van der Waals surface area contributed by atoms with E-state index in [1.807, 2.05) is 18.2 Å². The number of halogens is 5. The van der Waals surface area contributed by atoms with Gasteiger partial charge in [-0.25, -0.2) is 4.98 Å². The first-order valence-corrected chi connectivity index (χ1v) is 19.6. The van der Waals surface area contributed by atoms with Crippen molar-refractivity contribution in [1.82, 2.24) is 14.9 Å². The molecule has 6 atom stereocenters. The number of aromatic nitrogens is 1. The maximum absolute atomic E-state index is 15.5. The van der Waals surface area contributed by atoms with Gasteiger partial charge in [0.25, 0.3) is 11.8 Å². The molecule has 3 fully saturated rings. The van der Waals surface area contributed by atoms with Gasteiger partial charge in [-0.05, 0) is 72.0 Å². The lowest BCUT2D eigenvalue weighted by Crippen LogP contribution is -2.53. The summed E-state index contributed by atoms with van der Waals surface area (Å²) >= 11 is 12.7. The van der Waals surface area contributed by atoms with Gasteiger partial charge in [-0.1, -0.05) is 95.5 Å². The monoisotopic (exact) mass is 840 g/mol. The first kappa shape index (κ1) is 38.6. The molecule has 5 aromatic rings. The summed E-state index contributed by atoms with van der Waals surface area (Å²) in [5, 5.41) is 23.7. The molecule has 1 aromatic heterocycles. The molecule has 1 saturated carbocycles. The quantitative estimate of drug-likeness (QED) is 0.110. The number of aromatic hydroxyl groups is 2. The molecule has 4 aromatic carbocycles. The van der Waals surface area contributed by atoms with Crippen LogP contribution in [0.25, 0.3) is 10.8 Å². The predicted octanol–water partition coefficient (Wildman–Crippen LogP) is 8.20. The van der Waals surface area contributed by atoms with Crippen LogP contribution in [0.2, 0.25) is 10.0 Å². The Labute approximate surface area is 344 Å². The maximum atomic E-state index is 15.5. The van der Waals surface area contributed by atoms with Gasteiger partial charge in [0.05, 0.1) is 33.8 Å². The van der Waals surface area contributed by atoms with Gasteiger partial charge in [0, 0.05) is 34.6 Å². The number of hydrazine groups is 1. The number of carbonyl (C=O) groups excluding carboxylic acids is 4. The second-order valence-electron chi connectivity index (χ2n) is 15.4. The number of pyridine rings is 1. The summed E-state index contributed by atoms with van der Waals surface area (Å²) in [5.41, 5.74) is 1.74. The lowest BCUT2D eigenvalue weighted by Gasteiger charge is -2.50. The van der Waals surface area contributed by atoms with Crippen molar-refractivity contribution in [2.24, 2.45) is 23.7 Å². The third-order valence-corrected chi connectivity index (χ3v) is 13.0. The number of carbonyl (C=O) groups is 4. The maximum Gasteiger partial charge on any atom is 0.417 e. The SMILES string of the molecule is O=C1C2CC=C3C(CC4C(=O)N(Nc5ncc(C(F)(F)F)cc5Cl)C(=O)C4(c4ccc(Cl)cc4)C3c3ccc4ccccc4c3O)C2C(=O)N1CCc1ccc(O)cc1. The van der Waals surface area contributed by atoms with E-state index >= 15 is 4.79 Å². The molecule has 0 bridgehead atoms. The normalized spacial score (nSPS) is 25.2. The topological polar surface area (TPSA) is 140 Å². The van der Waals surface area contributed by atoms with E-state index in [4.69, 9.17) is 23.2 Å². The Morgan fingerprint density at radius 1 is 0.864 bits per heavy atom. The number of alkyl halides is 3. The van der Waals surface area contributed by atoms with Crippen LogP contribution in [0.15, 0.2) is 109 Å². The molecule has 2 saturated heterocycles. The van der Waals surface area contributed by atoms with E-state index in [0.717, 1.165) is 5.56 Å². The molecular formula is C44H33Cl2F3N4O6. The highest BCUT2D eigenvalue weighted by Crippen LogP contribution is 2.65. The number of fused-ring (bicyclic) bond motifs is 5. The summed E-state index contributed by atoms with van der Waals surface area (Å²) in [4.78, 5) is 64.1. The molecule has 9 rings (SSSR count). The first-order chi connectivity index (χ1) is 28.2. The van der Waals surface area contributed by atoms with Gasteiger partial charge < -0.3 is 10.2 Å². The number of hydrogen-bond acceptors (Lipinski definition) is 8. The van der Waals surface area contributed by atoms with E-state index in [0.29, 0.717) is 56.2 Å². The second-order valence-corrected chi connectivity index (χ2v) is 16.2. The summed E-state index contributed by atoms with van der Waals surface area (Å²) in [7, 11) is 0. The molecule has 0 radical (unpaired) electrons. The smallest absolute Gasteiger partial charge is 0.417 e. The fraction of sp³-hybridized carbons (Fsp3) is 0.250. The number of nitrogens with one attached hydrogen (secondary N) is 1. The predicted molar refractivity (Wildman–Crippen MR) is 211 cm³/mol. The van der Waals surface area contributed by atoms with Crippen molar-refractivity contribution in [3.63, 3.8) is 0 Å². The van der Waals surface area contributed by atoms with Crippen LogP contribution in [-0.4, -0.2) is 55.3 Å². The van der Waals surface area contributed by atoms with Crippen molar-refractivity contribution in [2.45, 2.75) is 36.8 Å². The number of phenols is 2. The number of allylic oxidation sites excluding steroid dienone is 2. The number of rotatable bonds is 7. The molecule has 3 heterocycles. The summed E-state index contributed by atoms with van der Waals surface area (Å²) in [6.07, 6.45) is -1.95. The highest BCUT2D eigenvalue weighted by Gasteiger charge is 2.70. The number of amides is 4. The van der Waals surface area contributed by atoms with E-state index in [-0.39, 0.29) is 42.6 Å². The molecule has 59 heavy (non-hydrogen) atoms. The van der Waals surface area contributed by atoms with Crippen molar-refractivity contribution in [3.05, 3.63) is 141 Å². The van der Waals surface area contributed by atoms with Gasteiger partial charge >= 0.3 is 6.18 Å². The van der Waals surface area contributed by atoms with Crippen LogP contribution < -0.4 is 5.43 Å². The minimum atomic E-state index is -4.76. The van der Waals surface area contributed by atoms with Crippen LogP contribution in [0, 0.1) is 23.7 Å². The number of anilines is 1. The lowest BCUT2D eigenvalue weighted by molar-refractivity contribution is -0.141. The molecule has 3 N–H and O–H groups in total. The average molecular weight is 842 g/mol. The van der Waals surface area contributed by atoms with Gasteiger partial charge in [0.2, 0.25) is 11.8 Å². The number of hydrogen-bond donors (Lipinski definition) is 3. The van der Waals surface area contributed by atoms with E-state index in [1.165, 1.54) is 17.0 Å². The van der Waals surface area contributed by atoms with Crippen molar-refractivity contribution >= 4 is 63.4 Å². The summed E-state index contributed by atoms with van der Waals surface area (Å²) < 4.78 is 40.6. The van der Waals surface area contributed by atoms with Crippen LogP contribution in [0.4, 0.5) is 19.0 Å². The van der Waals surface area contributed by atoms with E-state index in [1.54, 1.807) is 60.7 Å². The van der Waals surface area contributed by atoms with Crippen molar-refractivity contribution < 1.29 is 42.6 Å². The van der Waals surface area contributed by atoms with Crippen molar-refractivity contribution in [1.29, 1.82) is 0 Å². The van der Waals surface area contributed by atoms with Crippen LogP contribution >= 0.6 is 23.2 Å². The highest BCUT2D eigenvalue weighted by atomic mass is 35.5. The van der Waals surface area contributed by atoms with Gasteiger partial charge in [-0.2, -0.15) is 18.2 Å². The number of imide groups is 2. The lowest BCUT2D eigenvalue weighted by atomic mass is 9.49. The third kappa shape index (κ3) is 6.04. The Hall–Kier alpha value is -5.92. The minimum absolute atomic E-state index is 0.0672. The third-order valence-electron chi connectivity index (χ3n) is 12.5. The van der Waals surface area contributed by atoms with Crippen LogP contribution in [0.5, 0.6) is 11.5 Å². The van der Waals surface area contributed by atoms with Gasteiger partial charge in [0.15, 0.2) is 5.82 Å². The molecule has 4 amide bonds. The number of nitrogens with zero attached hydrogens (tertiary/aromatic N) is 3. The second kappa shape index (κ2) is 14.1. The largest absolute Gasteiger partial charge is 0.508 e. The van der Waals surface area contributed by atoms with E-state index in [2.05, 4.69) is 10.4 Å². The fourth-order valence-corrected chi connectivity index (χ4v) is 10.2. The Morgan fingerprint density at radius 3 is 2.31 bits per heavy atom. The Balaban J connectivity index is 1.20. The summed E-state index contributed by atoms with van der Waals surface area (Å²) in [6.45, 7) is 0.0839.